The maximum atomic E-state index is 13.0. The molecule has 0 spiro atoms. The van der Waals surface area contributed by atoms with Gasteiger partial charge in [0.2, 0.25) is 0 Å². The van der Waals surface area contributed by atoms with Crippen LogP contribution < -0.4 is 5.32 Å². The Morgan fingerprint density at radius 3 is 2.27 bits per heavy atom. The van der Waals surface area contributed by atoms with Crippen LogP contribution in [0.15, 0.2) is 53.0 Å². The number of anilines is 1. The van der Waals surface area contributed by atoms with Crippen molar-refractivity contribution in [3.05, 3.63) is 64.1 Å². The molecular weight excluding hydrogens is 486 g/mol. The van der Waals surface area contributed by atoms with Crippen LogP contribution >= 0.6 is 15.9 Å². The van der Waals surface area contributed by atoms with E-state index in [0.717, 1.165) is 23.7 Å². The first-order chi connectivity index (χ1) is 15.7. The Hall–Kier alpha value is -2.67. The maximum Gasteiger partial charge on any atom is 0.339 e. The Balaban J connectivity index is 1.63. The molecule has 0 saturated heterocycles. The highest BCUT2D eigenvalue weighted by Crippen LogP contribution is 2.35. The number of carbonyl (C=O) groups excluding carboxylic acids is 3. The molecule has 0 unspecified atom stereocenters. The summed E-state index contributed by atoms with van der Waals surface area (Å²) in [7, 11) is 0. The average Bonchev–Trinajstić information content (AvgIpc) is 2.79. The Kier molecular flexibility index (Phi) is 8.67. The van der Waals surface area contributed by atoms with Crippen molar-refractivity contribution in [3.8, 4) is 0 Å². The lowest BCUT2D eigenvalue weighted by molar-refractivity contribution is -0.119. The second-order valence-electron chi connectivity index (χ2n) is 8.95. The fourth-order valence-corrected chi connectivity index (χ4v) is 4.49. The molecule has 0 heterocycles. The van der Waals surface area contributed by atoms with Gasteiger partial charge in [-0.25, -0.2) is 9.59 Å². The first kappa shape index (κ1) is 25.0. The molecule has 3 atom stereocenters. The summed E-state index contributed by atoms with van der Waals surface area (Å²) in [6.45, 7) is 5.99. The van der Waals surface area contributed by atoms with Crippen LogP contribution in [-0.2, 0) is 14.3 Å². The van der Waals surface area contributed by atoms with E-state index in [9.17, 15) is 14.4 Å². The van der Waals surface area contributed by atoms with Crippen LogP contribution in [0.2, 0.25) is 0 Å². The van der Waals surface area contributed by atoms with Crippen LogP contribution in [0, 0.1) is 17.8 Å². The summed E-state index contributed by atoms with van der Waals surface area (Å²) in [4.78, 5) is 37.8. The molecule has 0 bridgehead atoms. The van der Waals surface area contributed by atoms with E-state index in [1.807, 2.05) is 0 Å². The zero-order valence-electron chi connectivity index (χ0n) is 19.2. The number of halogens is 1. The van der Waals surface area contributed by atoms with Crippen LogP contribution in [0.5, 0.6) is 0 Å². The fourth-order valence-electron chi connectivity index (χ4n) is 4.23. The fraction of sp³-hybridized carbons (Fsp3) is 0.423. The quantitative estimate of drug-likeness (QED) is 0.466. The molecular formula is C26H30BrNO5. The van der Waals surface area contributed by atoms with E-state index in [1.165, 1.54) is 6.07 Å². The van der Waals surface area contributed by atoms with Gasteiger partial charge in [-0.05, 0) is 67.0 Å². The van der Waals surface area contributed by atoms with Crippen LogP contribution in [0.3, 0.4) is 0 Å². The minimum absolute atomic E-state index is 0.0869. The predicted octanol–water partition coefficient (Wildman–Crippen LogP) is 5.86. The number of carbonyl (C=O) groups is 3. The number of amides is 1. The number of nitrogens with one attached hydrogen (secondary N) is 1. The molecule has 1 saturated carbocycles. The molecule has 176 valence electrons. The Labute approximate surface area is 203 Å². The van der Waals surface area contributed by atoms with Crippen molar-refractivity contribution < 1.29 is 23.9 Å². The average molecular weight is 516 g/mol. The van der Waals surface area contributed by atoms with E-state index in [4.69, 9.17) is 9.47 Å². The summed E-state index contributed by atoms with van der Waals surface area (Å²) in [5, 5.41) is 2.66. The first-order valence-corrected chi connectivity index (χ1v) is 12.1. The Morgan fingerprint density at radius 2 is 1.64 bits per heavy atom. The van der Waals surface area contributed by atoms with E-state index in [2.05, 4.69) is 42.0 Å². The van der Waals surface area contributed by atoms with Gasteiger partial charge >= 0.3 is 11.9 Å². The predicted molar refractivity (Wildman–Crippen MR) is 130 cm³/mol. The molecule has 6 nitrogen and oxygen atoms in total. The maximum absolute atomic E-state index is 13.0. The van der Waals surface area contributed by atoms with Crippen molar-refractivity contribution >= 4 is 39.5 Å². The van der Waals surface area contributed by atoms with Gasteiger partial charge < -0.3 is 14.8 Å². The van der Waals surface area contributed by atoms with Gasteiger partial charge in [0, 0.05) is 10.2 Å². The first-order valence-electron chi connectivity index (χ1n) is 11.3. The van der Waals surface area contributed by atoms with Gasteiger partial charge in [-0.15, -0.1) is 0 Å². The summed E-state index contributed by atoms with van der Waals surface area (Å²) < 4.78 is 12.0. The third-order valence-electron chi connectivity index (χ3n) is 6.05. The van der Waals surface area contributed by atoms with Crippen LogP contribution in [-0.4, -0.2) is 30.6 Å². The lowest BCUT2D eigenvalue weighted by Gasteiger charge is -2.36. The van der Waals surface area contributed by atoms with E-state index < -0.39 is 24.5 Å². The Morgan fingerprint density at radius 1 is 1.00 bits per heavy atom. The van der Waals surface area contributed by atoms with Gasteiger partial charge in [-0.2, -0.15) is 0 Å². The number of esters is 2. The molecule has 2 aromatic carbocycles. The van der Waals surface area contributed by atoms with Crippen molar-refractivity contribution in [2.45, 2.75) is 46.1 Å². The van der Waals surface area contributed by atoms with E-state index in [-0.39, 0.29) is 17.2 Å². The molecule has 1 fully saturated rings. The van der Waals surface area contributed by atoms with Crippen LogP contribution in [0.4, 0.5) is 5.69 Å². The minimum atomic E-state index is -0.745. The molecule has 3 rings (SSSR count). The normalized spacial score (nSPS) is 20.2. The zero-order valence-corrected chi connectivity index (χ0v) is 20.8. The smallest absolute Gasteiger partial charge is 0.339 e. The van der Waals surface area contributed by atoms with Crippen molar-refractivity contribution in [1.82, 2.24) is 0 Å². The molecule has 2 aromatic rings. The molecule has 33 heavy (non-hydrogen) atoms. The highest BCUT2D eigenvalue weighted by atomic mass is 79.9. The molecule has 1 aliphatic rings. The largest absolute Gasteiger partial charge is 0.458 e. The van der Waals surface area contributed by atoms with Crippen molar-refractivity contribution in [3.63, 3.8) is 0 Å². The molecule has 0 aliphatic heterocycles. The molecule has 1 N–H and O–H groups in total. The molecule has 0 radical (unpaired) electrons. The number of ether oxygens (including phenoxy) is 2. The number of hydrogen-bond acceptors (Lipinski definition) is 5. The van der Waals surface area contributed by atoms with Crippen molar-refractivity contribution in [2.24, 2.45) is 17.8 Å². The van der Waals surface area contributed by atoms with Gasteiger partial charge in [0.15, 0.2) is 6.61 Å². The van der Waals surface area contributed by atoms with Gasteiger partial charge in [0.1, 0.15) is 6.10 Å². The molecule has 1 amide bonds. The van der Waals surface area contributed by atoms with Gasteiger partial charge in [0.25, 0.3) is 5.91 Å². The van der Waals surface area contributed by atoms with Crippen molar-refractivity contribution in [1.29, 1.82) is 0 Å². The van der Waals surface area contributed by atoms with Gasteiger partial charge in [0.05, 0.1) is 11.1 Å². The van der Waals surface area contributed by atoms with Crippen LogP contribution in [0.25, 0.3) is 0 Å². The Bertz CT molecular complexity index is 988. The summed E-state index contributed by atoms with van der Waals surface area (Å²) in [6.07, 6.45) is 2.79. The number of hydrogen-bond donors (Lipinski definition) is 1. The SMILES string of the molecule is CC(C)[C@@H]1CC[C@@H](C)C[C@H]1OC(=O)c1ccccc1C(=O)OCC(=O)Nc1ccc(Br)cc1. The molecule has 0 aromatic heterocycles. The number of benzene rings is 2. The summed E-state index contributed by atoms with van der Waals surface area (Å²) >= 11 is 3.33. The van der Waals surface area contributed by atoms with Crippen LogP contribution in [0.1, 0.15) is 60.7 Å². The third kappa shape index (κ3) is 6.90. The lowest BCUT2D eigenvalue weighted by Crippen LogP contribution is -2.36. The second kappa shape index (κ2) is 11.5. The van der Waals surface area contributed by atoms with Gasteiger partial charge in [-0.1, -0.05) is 55.3 Å². The van der Waals surface area contributed by atoms with Crippen molar-refractivity contribution in [2.75, 3.05) is 11.9 Å². The second-order valence-corrected chi connectivity index (χ2v) is 9.86. The summed E-state index contributed by atoms with van der Waals surface area (Å²) in [5.41, 5.74) is 0.824. The highest BCUT2D eigenvalue weighted by molar-refractivity contribution is 9.10. The van der Waals surface area contributed by atoms with Gasteiger partial charge in [-0.3, -0.25) is 4.79 Å². The summed E-state index contributed by atoms with van der Waals surface area (Å²) in [5.74, 6) is -0.562. The third-order valence-corrected chi connectivity index (χ3v) is 6.58. The standard InChI is InChI=1S/C26H30BrNO5/c1-16(2)20-13-8-17(3)14-23(20)33-26(31)22-7-5-4-6-21(22)25(30)32-15-24(29)28-19-11-9-18(27)10-12-19/h4-7,9-12,16-17,20,23H,8,13-15H2,1-3H3,(H,28,29)/t17-,20+,23-/m1/s1. The van der Waals surface area contributed by atoms with E-state index in [1.54, 1.807) is 42.5 Å². The summed E-state index contributed by atoms with van der Waals surface area (Å²) in [6, 6.07) is 13.4. The van der Waals surface area contributed by atoms with E-state index in [0.29, 0.717) is 23.4 Å². The highest BCUT2D eigenvalue weighted by Gasteiger charge is 2.34. The number of rotatable bonds is 7. The van der Waals surface area contributed by atoms with E-state index >= 15 is 0 Å². The molecule has 1 aliphatic carbocycles. The molecule has 7 heteroatoms. The topological polar surface area (TPSA) is 81.7 Å². The monoisotopic (exact) mass is 515 g/mol. The zero-order chi connectivity index (χ0) is 24.0. The lowest BCUT2D eigenvalue weighted by atomic mass is 9.75. The minimum Gasteiger partial charge on any atom is -0.458 e.